The number of Topliss-reactive ketones (excluding diaryl/α,β-unsaturated/α-hetero) is 1. The molecule has 27 heavy (non-hydrogen) atoms. The van der Waals surface area contributed by atoms with Crippen LogP contribution in [-0.4, -0.2) is 22.9 Å². The molecule has 0 saturated carbocycles. The second-order valence-electron chi connectivity index (χ2n) is 5.89. The van der Waals surface area contributed by atoms with Crippen LogP contribution in [0.25, 0.3) is 0 Å². The summed E-state index contributed by atoms with van der Waals surface area (Å²) in [5, 5.41) is 3.85. The number of aliphatic imine (C=N–C) groups is 2. The molecule has 0 aliphatic carbocycles. The van der Waals surface area contributed by atoms with E-state index >= 15 is 0 Å². The Hall–Kier alpha value is -1.92. The fourth-order valence-corrected chi connectivity index (χ4v) is 3.63. The molecule has 7 heteroatoms. The molecule has 0 spiro atoms. The highest BCUT2D eigenvalue weighted by Crippen LogP contribution is 2.37. The molecule has 144 valence electrons. The molecule has 1 aromatic carbocycles. The summed E-state index contributed by atoms with van der Waals surface area (Å²) in [5.41, 5.74) is 1.77. The molecule has 1 aromatic rings. The number of benzene rings is 1. The summed E-state index contributed by atoms with van der Waals surface area (Å²) >= 11 is 7.65. The van der Waals surface area contributed by atoms with Crippen LogP contribution in [0, 0.1) is 5.82 Å². The molecule has 0 amide bonds. The van der Waals surface area contributed by atoms with Gasteiger partial charge in [0.15, 0.2) is 11.6 Å². The number of amidine groups is 1. The van der Waals surface area contributed by atoms with Crippen molar-refractivity contribution < 1.29 is 9.18 Å². The van der Waals surface area contributed by atoms with Gasteiger partial charge in [0.05, 0.1) is 5.02 Å². The lowest BCUT2D eigenvalue weighted by molar-refractivity contribution is -0.116. The van der Waals surface area contributed by atoms with E-state index in [1.165, 1.54) is 24.0 Å². The Morgan fingerprint density at radius 3 is 2.81 bits per heavy atom. The molecule has 0 bridgehead atoms. The van der Waals surface area contributed by atoms with Gasteiger partial charge in [-0.3, -0.25) is 9.79 Å². The molecule has 2 rings (SSSR count). The average molecular weight is 408 g/mol. The molecule has 1 atom stereocenters. The highest BCUT2D eigenvalue weighted by molar-refractivity contribution is 8.15. The average Bonchev–Trinajstić information content (AvgIpc) is 2.67. The number of allylic oxidation sites excluding steroid dienone is 1. The Morgan fingerprint density at radius 1 is 1.48 bits per heavy atom. The molecular formula is C20H23ClFN3OS. The summed E-state index contributed by atoms with van der Waals surface area (Å²) in [6.07, 6.45) is 5.03. The van der Waals surface area contributed by atoms with E-state index in [9.17, 15) is 9.18 Å². The van der Waals surface area contributed by atoms with Crippen molar-refractivity contribution in [3.05, 3.63) is 58.7 Å². The van der Waals surface area contributed by atoms with Crippen molar-refractivity contribution in [2.45, 2.75) is 39.2 Å². The summed E-state index contributed by atoms with van der Waals surface area (Å²) in [4.78, 5) is 21.8. The van der Waals surface area contributed by atoms with Gasteiger partial charge in [-0.05, 0) is 25.2 Å². The van der Waals surface area contributed by atoms with Gasteiger partial charge in [0.1, 0.15) is 16.9 Å². The van der Waals surface area contributed by atoms with Gasteiger partial charge in [-0.15, -0.1) is 11.8 Å². The van der Waals surface area contributed by atoms with Crippen molar-refractivity contribution in [3.8, 4) is 0 Å². The lowest BCUT2D eigenvalue weighted by atomic mass is 9.90. The molecular weight excluding hydrogens is 385 g/mol. The zero-order valence-corrected chi connectivity index (χ0v) is 17.3. The Morgan fingerprint density at radius 2 is 2.22 bits per heavy atom. The maximum Gasteiger partial charge on any atom is 0.163 e. The number of thioether (sulfide) groups is 1. The van der Waals surface area contributed by atoms with Crippen molar-refractivity contribution in [1.82, 2.24) is 5.32 Å². The summed E-state index contributed by atoms with van der Waals surface area (Å²) in [5.74, 6) is -0.0198. The fraction of sp³-hybridized carbons (Fsp3) is 0.350. The first-order valence-electron chi connectivity index (χ1n) is 8.76. The van der Waals surface area contributed by atoms with Crippen LogP contribution in [0.15, 0.2) is 52.2 Å². The first-order valence-corrected chi connectivity index (χ1v) is 10.4. The van der Waals surface area contributed by atoms with Crippen molar-refractivity contribution in [2.75, 3.05) is 6.26 Å². The van der Waals surface area contributed by atoms with Gasteiger partial charge in [0.25, 0.3) is 0 Å². The van der Waals surface area contributed by atoms with Crippen LogP contribution in [0.4, 0.5) is 4.39 Å². The number of rotatable bonds is 7. The Kier molecular flexibility index (Phi) is 7.80. The van der Waals surface area contributed by atoms with Crippen LogP contribution < -0.4 is 5.32 Å². The molecule has 0 aromatic heterocycles. The van der Waals surface area contributed by atoms with E-state index in [4.69, 9.17) is 16.6 Å². The standard InChI is InChI=1S/C20H23ClFN3OS/c1-5-9-15(26)16-14(6-2)24-19(20(27-4)23-7-3)25-18(16)12-10-8-11-13(22)17(12)21/h7-8,10-11,18H,3,5-6,9H2,1-2,4H3,(H,24,25)/t18-/m0/s1. The normalized spacial score (nSPS) is 17.4. The monoisotopic (exact) mass is 407 g/mol. The molecule has 1 heterocycles. The summed E-state index contributed by atoms with van der Waals surface area (Å²) in [6.45, 7) is 7.54. The largest absolute Gasteiger partial charge is 0.341 e. The summed E-state index contributed by atoms with van der Waals surface area (Å²) < 4.78 is 14.1. The van der Waals surface area contributed by atoms with Gasteiger partial charge < -0.3 is 5.32 Å². The van der Waals surface area contributed by atoms with E-state index in [0.29, 0.717) is 41.3 Å². The van der Waals surface area contributed by atoms with Crippen molar-refractivity contribution in [1.29, 1.82) is 0 Å². The highest BCUT2D eigenvalue weighted by atomic mass is 35.5. The van der Waals surface area contributed by atoms with E-state index < -0.39 is 11.9 Å². The zero-order valence-electron chi connectivity index (χ0n) is 15.7. The third-order valence-corrected chi connectivity index (χ3v) is 5.22. The van der Waals surface area contributed by atoms with Crippen molar-refractivity contribution in [3.63, 3.8) is 0 Å². The molecule has 1 aliphatic rings. The van der Waals surface area contributed by atoms with Crippen molar-refractivity contribution >= 4 is 40.0 Å². The number of nitrogens with one attached hydrogen (secondary N) is 1. The molecule has 0 radical (unpaired) electrons. The summed E-state index contributed by atoms with van der Waals surface area (Å²) in [6, 6.07) is 3.90. The van der Waals surface area contributed by atoms with Gasteiger partial charge in [0, 0.05) is 29.5 Å². The SMILES string of the molecule is C=CN=C(SC)C1=N[C@@H](c2cccc(F)c2Cl)C(C(=O)CCC)=C(CC)N1. The maximum atomic E-state index is 14.1. The van der Waals surface area contributed by atoms with E-state index in [-0.39, 0.29) is 10.8 Å². The smallest absolute Gasteiger partial charge is 0.163 e. The second-order valence-corrected chi connectivity index (χ2v) is 7.06. The summed E-state index contributed by atoms with van der Waals surface area (Å²) in [7, 11) is 0. The van der Waals surface area contributed by atoms with E-state index in [2.05, 4.69) is 16.9 Å². The Balaban J connectivity index is 2.69. The minimum Gasteiger partial charge on any atom is -0.341 e. The quantitative estimate of drug-likeness (QED) is 0.482. The second kappa shape index (κ2) is 9.85. The van der Waals surface area contributed by atoms with Crippen LogP contribution in [0.3, 0.4) is 0 Å². The van der Waals surface area contributed by atoms with Crippen LogP contribution in [0.2, 0.25) is 5.02 Å². The first kappa shape index (κ1) is 21.4. The number of nitrogens with zero attached hydrogens (tertiary/aromatic N) is 2. The lowest BCUT2D eigenvalue weighted by Gasteiger charge is -2.28. The minimum absolute atomic E-state index is 0.0126. The van der Waals surface area contributed by atoms with Crippen LogP contribution in [0.5, 0.6) is 0 Å². The molecule has 0 unspecified atom stereocenters. The lowest BCUT2D eigenvalue weighted by Crippen LogP contribution is -2.36. The van der Waals surface area contributed by atoms with Gasteiger partial charge in [-0.1, -0.05) is 44.2 Å². The number of hydrogen-bond acceptors (Lipinski definition) is 5. The number of ketones is 1. The van der Waals surface area contributed by atoms with Gasteiger partial charge in [0.2, 0.25) is 0 Å². The minimum atomic E-state index is -0.680. The van der Waals surface area contributed by atoms with Gasteiger partial charge in [-0.2, -0.15) is 0 Å². The van der Waals surface area contributed by atoms with E-state index in [1.807, 2.05) is 20.1 Å². The van der Waals surface area contributed by atoms with E-state index in [1.54, 1.807) is 12.1 Å². The Labute approximate surface area is 168 Å². The number of carbonyl (C=O) groups is 1. The molecule has 1 N–H and O–H groups in total. The maximum absolute atomic E-state index is 14.1. The van der Waals surface area contributed by atoms with Crippen molar-refractivity contribution in [2.24, 2.45) is 9.98 Å². The van der Waals surface area contributed by atoms with E-state index in [0.717, 1.165) is 5.70 Å². The zero-order chi connectivity index (χ0) is 20.0. The third kappa shape index (κ3) is 4.68. The molecule has 1 aliphatic heterocycles. The molecule has 0 fully saturated rings. The fourth-order valence-electron chi connectivity index (χ4n) is 2.92. The van der Waals surface area contributed by atoms with Gasteiger partial charge in [-0.25, -0.2) is 9.38 Å². The Bertz CT molecular complexity index is 833. The third-order valence-electron chi connectivity index (χ3n) is 4.14. The van der Waals surface area contributed by atoms with Crippen LogP contribution in [0.1, 0.15) is 44.7 Å². The number of carbonyl (C=O) groups excluding carboxylic acids is 1. The molecule has 4 nitrogen and oxygen atoms in total. The van der Waals surface area contributed by atoms with Gasteiger partial charge >= 0.3 is 0 Å². The first-order chi connectivity index (χ1) is 13.0. The topological polar surface area (TPSA) is 53.8 Å². The van der Waals surface area contributed by atoms with Crippen LogP contribution in [-0.2, 0) is 4.79 Å². The predicted octanol–water partition coefficient (Wildman–Crippen LogP) is 5.46. The number of hydrogen-bond donors (Lipinski definition) is 1. The predicted molar refractivity (Wildman–Crippen MR) is 113 cm³/mol. The number of halogens is 2. The molecule has 0 saturated heterocycles. The highest BCUT2D eigenvalue weighted by Gasteiger charge is 2.32. The van der Waals surface area contributed by atoms with Crippen LogP contribution >= 0.6 is 23.4 Å².